The van der Waals surface area contributed by atoms with Crippen LogP contribution in [0.2, 0.25) is 5.02 Å². The fourth-order valence-corrected chi connectivity index (χ4v) is 3.59. The third-order valence-corrected chi connectivity index (χ3v) is 5.61. The molecule has 0 aliphatic carbocycles. The number of Topliss-reactive ketones (excluding diaryl/α,β-unsaturated/α-hetero) is 1. The summed E-state index contributed by atoms with van der Waals surface area (Å²) in [5, 5.41) is 9.88. The number of hydrogen-bond acceptors (Lipinski definition) is 4. The van der Waals surface area contributed by atoms with Gasteiger partial charge in [0, 0.05) is 23.2 Å². The topological polar surface area (TPSA) is 47.8 Å². The summed E-state index contributed by atoms with van der Waals surface area (Å²) in [5.41, 5.74) is 3.04. The van der Waals surface area contributed by atoms with Crippen molar-refractivity contribution >= 4 is 29.1 Å². The second-order valence-electron chi connectivity index (χ2n) is 7.41. The van der Waals surface area contributed by atoms with Crippen molar-refractivity contribution in [3.05, 3.63) is 64.7 Å². The molecule has 0 aliphatic rings. The molecule has 0 amide bonds. The zero-order valence-electron chi connectivity index (χ0n) is 15.9. The molecule has 0 aliphatic heterocycles. The van der Waals surface area contributed by atoms with Crippen molar-refractivity contribution in [3.8, 4) is 11.4 Å². The van der Waals surface area contributed by atoms with Gasteiger partial charge in [-0.1, -0.05) is 68.4 Å². The standard InChI is InChI=1S/C21H22ClN3OS/c1-21(2,3)16-9-5-15(6-10-16)19-23-24-20(25(19)4)27-13-18(26)14-7-11-17(22)12-8-14/h5-12H,13H2,1-4H3. The van der Waals surface area contributed by atoms with Crippen LogP contribution in [0.3, 0.4) is 0 Å². The molecule has 1 heterocycles. The molecule has 27 heavy (non-hydrogen) atoms. The highest BCUT2D eigenvalue weighted by molar-refractivity contribution is 7.99. The maximum absolute atomic E-state index is 12.3. The summed E-state index contributed by atoms with van der Waals surface area (Å²) in [6.07, 6.45) is 0. The minimum Gasteiger partial charge on any atom is -0.305 e. The van der Waals surface area contributed by atoms with Crippen molar-refractivity contribution in [2.24, 2.45) is 7.05 Å². The molecule has 140 valence electrons. The Balaban J connectivity index is 1.71. The normalized spacial score (nSPS) is 11.6. The molecule has 4 nitrogen and oxygen atoms in total. The number of carbonyl (C=O) groups excluding carboxylic acids is 1. The molecule has 6 heteroatoms. The van der Waals surface area contributed by atoms with Crippen LogP contribution in [0, 0.1) is 0 Å². The molecule has 3 aromatic rings. The largest absolute Gasteiger partial charge is 0.305 e. The molecule has 0 radical (unpaired) electrons. The van der Waals surface area contributed by atoms with Gasteiger partial charge in [0.1, 0.15) is 0 Å². The highest BCUT2D eigenvalue weighted by Gasteiger charge is 2.16. The van der Waals surface area contributed by atoms with E-state index < -0.39 is 0 Å². The van der Waals surface area contributed by atoms with E-state index in [1.807, 2.05) is 11.6 Å². The number of hydrogen-bond donors (Lipinski definition) is 0. The van der Waals surface area contributed by atoms with Gasteiger partial charge in [-0.15, -0.1) is 10.2 Å². The van der Waals surface area contributed by atoms with E-state index in [-0.39, 0.29) is 11.2 Å². The van der Waals surface area contributed by atoms with E-state index in [2.05, 4.69) is 55.2 Å². The first-order chi connectivity index (χ1) is 12.8. The third kappa shape index (κ3) is 4.60. The Labute approximate surface area is 169 Å². The second kappa shape index (κ2) is 7.87. The first-order valence-corrected chi connectivity index (χ1v) is 10.0. The van der Waals surface area contributed by atoms with Crippen LogP contribution in [0.4, 0.5) is 0 Å². The summed E-state index contributed by atoms with van der Waals surface area (Å²) in [6, 6.07) is 15.3. The number of carbonyl (C=O) groups is 1. The molecular weight excluding hydrogens is 378 g/mol. The first-order valence-electron chi connectivity index (χ1n) is 8.67. The number of nitrogens with zero attached hydrogens (tertiary/aromatic N) is 3. The quantitative estimate of drug-likeness (QED) is 0.425. The van der Waals surface area contributed by atoms with Crippen molar-refractivity contribution in [1.29, 1.82) is 0 Å². The lowest BCUT2D eigenvalue weighted by atomic mass is 9.87. The Morgan fingerprint density at radius 3 is 2.26 bits per heavy atom. The molecule has 0 bridgehead atoms. The second-order valence-corrected chi connectivity index (χ2v) is 8.79. The lowest BCUT2D eigenvalue weighted by Crippen LogP contribution is -2.10. The van der Waals surface area contributed by atoms with E-state index in [0.29, 0.717) is 21.5 Å². The lowest BCUT2D eigenvalue weighted by Gasteiger charge is -2.19. The molecule has 0 saturated carbocycles. The van der Waals surface area contributed by atoms with Crippen LogP contribution >= 0.6 is 23.4 Å². The van der Waals surface area contributed by atoms with Crippen molar-refractivity contribution in [3.63, 3.8) is 0 Å². The SMILES string of the molecule is Cn1c(SCC(=O)c2ccc(Cl)cc2)nnc1-c1ccc(C(C)(C)C)cc1. The van der Waals surface area contributed by atoms with E-state index in [4.69, 9.17) is 11.6 Å². The van der Waals surface area contributed by atoms with Crippen LogP contribution in [-0.2, 0) is 12.5 Å². The predicted octanol–water partition coefficient (Wildman–Crippen LogP) is 5.41. The van der Waals surface area contributed by atoms with Crippen molar-refractivity contribution in [2.75, 3.05) is 5.75 Å². The summed E-state index contributed by atoms with van der Waals surface area (Å²) < 4.78 is 1.92. The van der Waals surface area contributed by atoms with Gasteiger partial charge in [-0.3, -0.25) is 4.79 Å². The van der Waals surface area contributed by atoms with E-state index in [1.54, 1.807) is 24.3 Å². The number of thioether (sulfide) groups is 1. The number of rotatable bonds is 5. The number of ketones is 1. The van der Waals surface area contributed by atoms with Gasteiger partial charge in [-0.2, -0.15) is 0 Å². The fraction of sp³-hybridized carbons (Fsp3) is 0.286. The highest BCUT2D eigenvalue weighted by Crippen LogP contribution is 2.27. The first kappa shape index (κ1) is 19.6. The summed E-state index contributed by atoms with van der Waals surface area (Å²) in [7, 11) is 1.92. The molecular formula is C21H22ClN3OS. The van der Waals surface area contributed by atoms with Gasteiger partial charge in [-0.05, 0) is 35.2 Å². The van der Waals surface area contributed by atoms with E-state index in [0.717, 1.165) is 11.4 Å². The molecule has 2 aromatic carbocycles. The maximum atomic E-state index is 12.3. The van der Waals surface area contributed by atoms with E-state index >= 15 is 0 Å². The van der Waals surface area contributed by atoms with Crippen LogP contribution in [0.1, 0.15) is 36.7 Å². The minimum atomic E-state index is 0.0377. The Kier molecular flexibility index (Phi) is 5.72. The molecule has 0 fully saturated rings. The number of halogens is 1. The Hall–Kier alpha value is -2.11. The van der Waals surface area contributed by atoms with E-state index in [1.165, 1.54) is 17.3 Å². The predicted molar refractivity (Wildman–Crippen MR) is 112 cm³/mol. The summed E-state index contributed by atoms with van der Waals surface area (Å²) >= 11 is 7.25. The zero-order chi connectivity index (χ0) is 19.6. The summed E-state index contributed by atoms with van der Waals surface area (Å²) in [6.45, 7) is 6.57. The number of aromatic nitrogens is 3. The van der Waals surface area contributed by atoms with Gasteiger partial charge >= 0.3 is 0 Å². The van der Waals surface area contributed by atoms with Crippen LogP contribution < -0.4 is 0 Å². The Morgan fingerprint density at radius 2 is 1.67 bits per heavy atom. The molecule has 0 spiro atoms. The minimum absolute atomic E-state index is 0.0377. The summed E-state index contributed by atoms with van der Waals surface area (Å²) in [4.78, 5) is 12.3. The highest BCUT2D eigenvalue weighted by atomic mass is 35.5. The van der Waals surface area contributed by atoms with E-state index in [9.17, 15) is 4.79 Å². The molecule has 3 rings (SSSR count). The van der Waals surface area contributed by atoms with Crippen molar-refractivity contribution < 1.29 is 4.79 Å². The lowest BCUT2D eigenvalue weighted by molar-refractivity contribution is 0.102. The summed E-state index contributed by atoms with van der Waals surface area (Å²) in [5.74, 6) is 1.13. The molecule has 0 saturated heterocycles. The van der Waals surface area contributed by atoms with Crippen LogP contribution in [-0.4, -0.2) is 26.3 Å². The molecule has 0 unspecified atom stereocenters. The van der Waals surface area contributed by atoms with Crippen LogP contribution in [0.15, 0.2) is 53.7 Å². The Morgan fingerprint density at radius 1 is 1.04 bits per heavy atom. The zero-order valence-corrected chi connectivity index (χ0v) is 17.4. The van der Waals surface area contributed by atoms with Crippen molar-refractivity contribution in [2.45, 2.75) is 31.3 Å². The third-order valence-electron chi connectivity index (χ3n) is 4.34. The smallest absolute Gasteiger partial charge is 0.191 e. The maximum Gasteiger partial charge on any atom is 0.191 e. The average molecular weight is 400 g/mol. The number of benzene rings is 2. The van der Waals surface area contributed by atoms with Crippen molar-refractivity contribution in [1.82, 2.24) is 14.8 Å². The molecule has 1 aromatic heterocycles. The monoisotopic (exact) mass is 399 g/mol. The van der Waals surface area contributed by atoms with Gasteiger partial charge in [0.15, 0.2) is 16.8 Å². The van der Waals surface area contributed by atoms with Gasteiger partial charge in [0.2, 0.25) is 0 Å². The molecule has 0 atom stereocenters. The van der Waals surface area contributed by atoms with Crippen LogP contribution in [0.5, 0.6) is 0 Å². The average Bonchev–Trinajstić information content (AvgIpc) is 3.00. The van der Waals surface area contributed by atoms with Crippen LogP contribution in [0.25, 0.3) is 11.4 Å². The van der Waals surface area contributed by atoms with Gasteiger partial charge in [0.25, 0.3) is 0 Å². The van der Waals surface area contributed by atoms with Gasteiger partial charge in [-0.25, -0.2) is 0 Å². The molecule has 0 N–H and O–H groups in total. The fourth-order valence-electron chi connectivity index (χ4n) is 2.66. The van der Waals surface area contributed by atoms with Gasteiger partial charge in [0.05, 0.1) is 5.75 Å². The van der Waals surface area contributed by atoms with Gasteiger partial charge < -0.3 is 4.57 Å². The Bertz CT molecular complexity index is 941.